The minimum Gasteiger partial charge on any atom is -0.356 e. The molecule has 1 amide bonds. The van der Waals surface area contributed by atoms with Gasteiger partial charge in [-0.15, -0.1) is 0 Å². The zero-order valence-corrected chi connectivity index (χ0v) is 8.74. The Kier molecular flexibility index (Phi) is 12.0. The van der Waals surface area contributed by atoms with Gasteiger partial charge in [0.25, 0.3) is 0 Å². The normalized spacial score (nSPS) is 11.0. The second-order valence-corrected chi connectivity index (χ2v) is 2.45. The van der Waals surface area contributed by atoms with Crippen LogP contribution in [-0.4, -0.2) is 18.7 Å². The SMILES string of the molecule is CCC(C)CNC(C)=O.CS. The zero-order valence-electron chi connectivity index (χ0n) is 7.85. The van der Waals surface area contributed by atoms with Crippen molar-refractivity contribution in [1.29, 1.82) is 0 Å². The molecular formula is C8H19NOS. The van der Waals surface area contributed by atoms with Gasteiger partial charge >= 0.3 is 0 Å². The van der Waals surface area contributed by atoms with Crippen molar-refractivity contribution in [2.45, 2.75) is 27.2 Å². The largest absolute Gasteiger partial charge is 0.356 e. The van der Waals surface area contributed by atoms with Crippen LogP contribution in [0.4, 0.5) is 0 Å². The summed E-state index contributed by atoms with van der Waals surface area (Å²) in [7, 11) is 0. The van der Waals surface area contributed by atoms with Gasteiger partial charge in [0.05, 0.1) is 0 Å². The highest BCUT2D eigenvalue weighted by molar-refractivity contribution is 7.79. The lowest BCUT2D eigenvalue weighted by Gasteiger charge is -2.07. The molecule has 11 heavy (non-hydrogen) atoms. The molecule has 0 rings (SSSR count). The van der Waals surface area contributed by atoms with Crippen LogP contribution in [0.2, 0.25) is 0 Å². The summed E-state index contributed by atoms with van der Waals surface area (Å²) in [5.74, 6) is 0.671. The molecule has 0 heterocycles. The van der Waals surface area contributed by atoms with E-state index in [4.69, 9.17) is 0 Å². The number of rotatable bonds is 3. The van der Waals surface area contributed by atoms with Gasteiger partial charge in [-0.2, -0.15) is 12.6 Å². The molecule has 0 bridgehead atoms. The molecule has 1 N–H and O–H groups in total. The van der Waals surface area contributed by atoms with E-state index in [2.05, 4.69) is 31.8 Å². The smallest absolute Gasteiger partial charge is 0.216 e. The van der Waals surface area contributed by atoms with Crippen LogP contribution in [0.5, 0.6) is 0 Å². The number of amides is 1. The first kappa shape index (κ1) is 13.4. The zero-order chi connectivity index (χ0) is 9.28. The number of hydrogen-bond acceptors (Lipinski definition) is 2. The molecule has 0 aromatic rings. The summed E-state index contributed by atoms with van der Waals surface area (Å²) in [6.45, 7) is 6.59. The average Bonchev–Trinajstić information content (AvgIpc) is 2.04. The molecule has 0 radical (unpaired) electrons. The van der Waals surface area contributed by atoms with Crippen LogP contribution in [0.15, 0.2) is 0 Å². The molecule has 68 valence electrons. The second-order valence-electron chi connectivity index (χ2n) is 2.45. The van der Waals surface area contributed by atoms with Crippen LogP contribution in [-0.2, 0) is 4.79 Å². The van der Waals surface area contributed by atoms with Gasteiger partial charge in [-0.25, -0.2) is 0 Å². The molecule has 1 atom stereocenters. The molecule has 0 aromatic carbocycles. The van der Waals surface area contributed by atoms with E-state index in [-0.39, 0.29) is 5.91 Å². The van der Waals surface area contributed by atoms with E-state index in [0.29, 0.717) is 5.92 Å². The summed E-state index contributed by atoms with van der Waals surface area (Å²) in [4.78, 5) is 10.4. The minimum atomic E-state index is 0.0651. The van der Waals surface area contributed by atoms with Crippen molar-refractivity contribution in [1.82, 2.24) is 5.32 Å². The number of hydrogen-bond donors (Lipinski definition) is 2. The maximum atomic E-state index is 10.4. The number of carbonyl (C=O) groups excluding carboxylic acids is 1. The van der Waals surface area contributed by atoms with Gasteiger partial charge in [-0.1, -0.05) is 20.3 Å². The first-order valence-corrected chi connectivity index (χ1v) is 4.75. The van der Waals surface area contributed by atoms with Gasteiger partial charge in [-0.05, 0) is 12.2 Å². The Morgan fingerprint density at radius 1 is 1.55 bits per heavy atom. The van der Waals surface area contributed by atoms with Crippen molar-refractivity contribution in [3.63, 3.8) is 0 Å². The van der Waals surface area contributed by atoms with Gasteiger partial charge in [0.15, 0.2) is 0 Å². The summed E-state index contributed by atoms with van der Waals surface area (Å²) in [6, 6.07) is 0. The molecule has 0 aliphatic heterocycles. The van der Waals surface area contributed by atoms with Crippen molar-refractivity contribution in [2.75, 3.05) is 12.8 Å². The fourth-order valence-electron chi connectivity index (χ4n) is 0.462. The van der Waals surface area contributed by atoms with Gasteiger partial charge in [0.1, 0.15) is 0 Å². The van der Waals surface area contributed by atoms with Gasteiger partial charge in [0, 0.05) is 13.5 Å². The predicted octanol–water partition coefficient (Wildman–Crippen LogP) is 1.71. The summed E-state index contributed by atoms with van der Waals surface area (Å²) < 4.78 is 0. The molecule has 0 spiro atoms. The van der Waals surface area contributed by atoms with E-state index in [0.717, 1.165) is 13.0 Å². The lowest BCUT2D eigenvalue weighted by Crippen LogP contribution is -2.25. The molecule has 1 unspecified atom stereocenters. The number of nitrogens with one attached hydrogen (secondary N) is 1. The van der Waals surface area contributed by atoms with Crippen LogP contribution in [0, 0.1) is 5.92 Å². The fourth-order valence-corrected chi connectivity index (χ4v) is 0.462. The van der Waals surface area contributed by atoms with E-state index in [1.807, 2.05) is 0 Å². The van der Waals surface area contributed by atoms with Gasteiger partial charge in [-0.3, -0.25) is 4.79 Å². The lowest BCUT2D eigenvalue weighted by molar-refractivity contribution is -0.119. The monoisotopic (exact) mass is 177 g/mol. The molecule has 0 aliphatic rings. The van der Waals surface area contributed by atoms with Crippen LogP contribution < -0.4 is 5.32 Å². The molecule has 0 fully saturated rings. The lowest BCUT2D eigenvalue weighted by atomic mass is 10.1. The Hall–Kier alpha value is -0.180. The summed E-state index contributed by atoms with van der Waals surface area (Å²) in [6.07, 6.45) is 2.82. The molecule has 0 saturated carbocycles. The first-order chi connectivity index (χ1) is 5.16. The quantitative estimate of drug-likeness (QED) is 0.631. The first-order valence-electron chi connectivity index (χ1n) is 3.86. The van der Waals surface area contributed by atoms with E-state index < -0.39 is 0 Å². The van der Waals surface area contributed by atoms with E-state index in [1.54, 1.807) is 13.2 Å². The van der Waals surface area contributed by atoms with E-state index in [9.17, 15) is 4.79 Å². The highest BCUT2D eigenvalue weighted by Gasteiger charge is 1.97. The van der Waals surface area contributed by atoms with Crippen LogP contribution in [0.1, 0.15) is 27.2 Å². The Morgan fingerprint density at radius 3 is 2.27 bits per heavy atom. The molecule has 2 nitrogen and oxygen atoms in total. The Morgan fingerprint density at radius 2 is 2.00 bits per heavy atom. The fraction of sp³-hybridized carbons (Fsp3) is 0.875. The third-order valence-electron chi connectivity index (χ3n) is 1.40. The summed E-state index contributed by atoms with van der Waals surface area (Å²) in [5.41, 5.74) is 0. The van der Waals surface area contributed by atoms with E-state index >= 15 is 0 Å². The maximum absolute atomic E-state index is 10.4. The average molecular weight is 177 g/mol. The summed E-state index contributed by atoms with van der Waals surface area (Å²) >= 11 is 3.53. The van der Waals surface area contributed by atoms with Crippen LogP contribution in [0.3, 0.4) is 0 Å². The molecular weight excluding hydrogens is 158 g/mol. The predicted molar refractivity (Wildman–Crippen MR) is 53.0 cm³/mol. The molecule has 0 aliphatic carbocycles. The van der Waals surface area contributed by atoms with Crippen LogP contribution >= 0.6 is 12.6 Å². The standard InChI is InChI=1S/C7H15NO.CH4S/c1-4-6(2)5-8-7(3)9;1-2/h6H,4-5H2,1-3H3,(H,8,9);2H,1H3. The maximum Gasteiger partial charge on any atom is 0.216 e. The molecule has 3 heteroatoms. The van der Waals surface area contributed by atoms with Crippen molar-refractivity contribution < 1.29 is 4.79 Å². The van der Waals surface area contributed by atoms with E-state index in [1.165, 1.54) is 0 Å². The van der Waals surface area contributed by atoms with Gasteiger partial charge < -0.3 is 5.32 Å². The molecule has 0 saturated heterocycles. The Labute approximate surface area is 75.2 Å². The summed E-state index contributed by atoms with van der Waals surface area (Å²) in [5, 5.41) is 2.76. The number of carbonyl (C=O) groups is 1. The minimum absolute atomic E-state index is 0.0651. The highest BCUT2D eigenvalue weighted by atomic mass is 32.1. The third kappa shape index (κ3) is 12.9. The topological polar surface area (TPSA) is 29.1 Å². The Balaban J connectivity index is 0. The van der Waals surface area contributed by atoms with Crippen molar-refractivity contribution in [3.8, 4) is 0 Å². The van der Waals surface area contributed by atoms with Crippen molar-refractivity contribution in [2.24, 2.45) is 5.92 Å². The van der Waals surface area contributed by atoms with Crippen LogP contribution in [0.25, 0.3) is 0 Å². The molecule has 0 aromatic heterocycles. The third-order valence-corrected chi connectivity index (χ3v) is 1.40. The van der Waals surface area contributed by atoms with Crippen molar-refractivity contribution >= 4 is 18.5 Å². The number of thiol groups is 1. The Bertz CT molecular complexity index is 96.1. The van der Waals surface area contributed by atoms with Gasteiger partial charge in [0.2, 0.25) is 5.91 Å². The highest BCUT2D eigenvalue weighted by Crippen LogP contribution is 1.96. The second kappa shape index (κ2) is 9.82. The van der Waals surface area contributed by atoms with Crippen molar-refractivity contribution in [3.05, 3.63) is 0 Å².